The Morgan fingerprint density at radius 1 is 1.03 bits per heavy atom. The number of hydrogen-bond donors (Lipinski definition) is 1. The molecule has 0 radical (unpaired) electrons. The highest BCUT2D eigenvalue weighted by Gasteiger charge is 2.14. The first-order chi connectivity index (χ1) is 14.6. The molecule has 0 atom stereocenters. The summed E-state index contributed by atoms with van der Waals surface area (Å²) < 4.78 is 5.44. The van der Waals surface area contributed by atoms with E-state index in [4.69, 9.17) is 4.74 Å². The maximum absolute atomic E-state index is 13.0. The van der Waals surface area contributed by atoms with Crippen molar-refractivity contribution in [2.24, 2.45) is 0 Å². The largest absolute Gasteiger partial charge is 0.490 e. The Morgan fingerprint density at radius 2 is 1.77 bits per heavy atom. The molecule has 6 nitrogen and oxygen atoms in total. The highest BCUT2D eigenvalue weighted by Crippen LogP contribution is 2.23. The molecule has 0 aliphatic heterocycles. The minimum atomic E-state index is -0.463. The van der Waals surface area contributed by atoms with E-state index in [1.54, 1.807) is 48.6 Å². The van der Waals surface area contributed by atoms with Crippen LogP contribution in [0.15, 0.2) is 91.5 Å². The molecule has 0 heterocycles. The van der Waals surface area contributed by atoms with Crippen LogP contribution in [0, 0.1) is 10.1 Å². The summed E-state index contributed by atoms with van der Waals surface area (Å²) >= 11 is 0. The van der Waals surface area contributed by atoms with Crippen molar-refractivity contribution in [1.29, 1.82) is 0 Å². The van der Waals surface area contributed by atoms with Crippen molar-refractivity contribution >= 4 is 28.9 Å². The second-order valence-corrected chi connectivity index (χ2v) is 6.35. The van der Waals surface area contributed by atoms with Crippen LogP contribution in [0.3, 0.4) is 0 Å². The van der Waals surface area contributed by atoms with E-state index in [0.717, 1.165) is 0 Å². The number of nitrogens with zero attached hydrogens (tertiary/aromatic N) is 1. The second-order valence-electron chi connectivity index (χ2n) is 6.35. The lowest BCUT2D eigenvalue weighted by molar-refractivity contribution is -0.384. The van der Waals surface area contributed by atoms with E-state index in [9.17, 15) is 14.9 Å². The standard InChI is InChI=1S/C24H20N2O4/c1-2-15-30-22-13-11-20(12-14-22)25-24(27)23(19-8-4-3-5-9-19)17-18-7-6-10-21(16-18)26(28)29/h2-14,16-17H,1,15H2,(H,25,27)/b23-17+. The number of non-ortho nitro benzene ring substituents is 1. The van der Waals surface area contributed by atoms with Crippen molar-refractivity contribution in [3.8, 4) is 5.75 Å². The maximum atomic E-state index is 13.0. The SMILES string of the molecule is C=CCOc1ccc(NC(=O)/C(=C/c2cccc([N+](=O)[O-])c2)c2ccccc2)cc1. The third-order valence-corrected chi connectivity index (χ3v) is 4.20. The third kappa shape index (κ3) is 5.42. The number of anilines is 1. The number of amides is 1. The van der Waals surface area contributed by atoms with Gasteiger partial charge >= 0.3 is 0 Å². The van der Waals surface area contributed by atoms with Gasteiger partial charge in [-0.25, -0.2) is 0 Å². The number of nitro benzene ring substituents is 1. The van der Waals surface area contributed by atoms with E-state index in [1.165, 1.54) is 12.1 Å². The van der Waals surface area contributed by atoms with Gasteiger partial charge in [0.1, 0.15) is 12.4 Å². The van der Waals surface area contributed by atoms with E-state index < -0.39 is 4.92 Å². The summed E-state index contributed by atoms with van der Waals surface area (Å²) in [7, 11) is 0. The van der Waals surface area contributed by atoms with Gasteiger partial charge in [-0.3, -0.25) is 14.9 Å². The average Bonchev–Trinajstić information content (AvgIpc) is 2.77. The van der Waals surface area contributed by atoms with E-state index in [0.29, 0.717) is 34.7 Å². The van der Waals surface area contributed by atoms with Gasteiger partial charge in [-0.15, -0.1) is 0 Å². The predicted molar refractivity (Wildman–Crippen MR) is 118 cm³/mol. The molecule has 0 bridgehead atoms. The zero-order chi connectivity index (χ0) is 21.3. The fraction of sp³-hybridized carbons (Fsp3) is 0.0417. The first-order valence-electron chi connectivity index (χ1n) is 9.23. The minimum absolute atomic E-state index is 0.0355. The lowest BCUT2D eigenvalue weighted by Gasteiger charge is -2.11. The van der Waals surface area contributed by atoms with Gasteiger partial charge in [0.15, 0.2) is 0 Å². The Morgan fingerprint density at radius 3 is 2.43 bits per heavy atom. The number of hydrogen-bond acceptors (Lipinski definition) is 4. The van der Waals surface area contributed by atoms with Gasteiger partial charge in [-0.05, 0) is 41.5 Å². The molecule has 3 aromatic rings. The van der Waals surface area contributed by atoms with Crippen LogP contribution in [-0.2, 0) is 4.79 Å². The van der Waals surface area contributed by atoms with Gasteiger partial charge in [0.2, 0.25) is 0 Å². The summed E-state index contributed by atoms with van der Waals surface area (Å²) in [4.78, 5) is 23.6. The van der Waals surface area contributed by atoms with Crippen LogP contribution in [0.25, 0.3) is 11.6 Å². The lowest BCUT2D eigenvalue weighted by Crippen LogP contribution is -2.13. The van der Waals surface area contributed by atoms with Crippen LogP contribution >= 0.6 is 0 Å². The molecule has 0 aliphatic carbocycles. The van der Waals surface area contributed by atoms with Crippen molar-refractivity contribution in [2.75, 3.05) is 11.9 Å². The van der Waals surface area contributed by atoms with Gasteiger partial charge < -0.3 is 10.1 Å². The fourth-order valence-electron chi connectivity index (χ4n) is 2.78. The number of carbonyl (C=O) groups excluding carboxylic acids is 1. The van der Waals surface area contributed by atoms with Crippen molar-refractivity contribution in [2.45, 2.75) is 0 Å². The third-order valence-electron chi connectivity index (χ3n) is 4.20. The van der Waals surface area contributed by atoms with Crippen molar-refractivity contribution < 1.29 is 14.5 Å². The zero-order valence-corrected chi connectivity index (χ0v) is 16.2. The topological polar surface area (TPSA) is 81.5 Å². The summed E-state index contributed by atoms with van der Waals surface area (Å²) in [5.41, 5.74) is 2.22. The molecule has 150 valence electrons. The Bertz CT molecular complexity index is 1070. The minimum Gasteiger partial charge on any atom is -0.490 e. The molecule has 0 saturated heterocycles. The van der Waals surface area contributed by atoms with Crippen LogP contribution in [0.5, 0.6) is 5.75 Å². The first-order valence-corrected chi connectivity index (χ1v) is 9.23. The summed E-state index contributed by atoms with van der Waals surface area (Å²) in [6.07, 6.45) is 3.29. The normalized spacial score (nSPS) is 10.9. The smallest absolute Gasteiger partial charge is 0.270 e. The van der Waals surface area contributed by atoms with Gasteiger partial charge in [-0.2, -0.15) is 0 Å². The van der Waals surface area contributed by atoms with Gasteiger partial charge in [-0.1, -0.05) is 55.1 Å². The van der Waals surface area contributed by atoms with Crippen molar-refractivity contribution in [3.05, 3.63) is 113 Å². The monoisotopic (exact) mass is 400 g/mol. The molecule has 0 unspecified atom stereocenters. The maximum Gasteiger partial charge on any atom is 0.270 e. The molecule has 1 N–H and O–H groups in total. The number of rotatable bonds is 8. The van der Waals surface area contributed by atoms with Crippen LogP contribution < -0.4 is 10.1 Å². The summed E-state index contributed by atoms with van der Waals surface area (Å²) in [5.74, 6) is 0.343. The quantitative estimate of drug-likeness (QED) is 0.182. The highest BCUT2D eigenvalue weighted by molar-refractivity contribution is 6.29. The zero-order valence-electron chi connectivity index (χ0n) is 16.2. The van der Waals surface area contributed by atoms with Gasteiger partial charge in [0.25, 0.3) is 11.6 Å². The molecule has 0 saturated carbocycles. The Balaban J connectivity index is 1.89. The van der Waals surface area contributed by atoms with Crippen molar-refractivity contribution in [1.82, 2.24) is 0 Å². The van der Waals surface area contributed by atoms with Crippen LogP contribution in [0.4, 0.5) is 11.4 Å². The Labute approximate surface area is 174 Å². The Kier molecular flexibility index (Phi) is 6.74. The van der Waals surface area contributed by atoms with E-state index in [-0.39, 0.29) is 11.6 Å². The van der Waals surface area contributed by atoms with Crippen LogP contribution in [0.1, 0.15) is 11.1 Å². The molecular weight excluding hydrogens is 380 g/mol. The second kappa shape index (κ2) is 9.84. The molecule has 30 heavy (non-hydrogen) atoms. The first kappa shape index (κ1) is 20.5. The molecule has 0 aromatic heterocycles. The van der Waals surface area contributed by atoms with Crippen molar-refractivity contribution in [3.63, 3.8) is 0 Å². The van der Waals surface area contributed by atoms with E-state index in [2.05, 4.69) is 11.9 Å². The highest BCUT2D eigenvalue weighted by atomic mass is 16.6. The number of nitro groups is 1. The number of nitrogens with one attached hydrogen (secondary N) is 1. The number of carbonyl (C=O) groups is 1. The van der Waals surface area contributed by atoms with Crippen LogP contribution in [0.2, 0.25) is 0 Å². The van der Waals surface area contributed by atoms with E-state index >= 15 is 0 Å². The van der Waals surface area contributed by atoms with Gasteiger partial charge in [0.05, 0.1) is 4.92 Å². The summed E-state index contributed by atoms with van der Waals surface area (Å²) in [6, 6.07) is 22.3. The average molecular weight is 400 g/mol. The molecule has 3 rings (SSSR count). The van der Waals surface area contributed by atoms with Crippen LogP contribution in [-0.4, -0.2) is 17.4 Å². The molecule has 6 heteroatoms. The molecule has 0 spiro atoms. The molecular formula is C24H20N2O4. The van der Waals surface area contributed by atoms with E-state index in [1.807, 2.05) is 30.3 Å². The predicted octanol–water partition coefficient (Wildman–Crippen LogP) is 5.34. The number of ether oxygens (including phenoxy) is 1. The molecule has 0 fully saturated rings. The molecule has 3 aromatic carbocycles. The number of benzene rings is 3. The summed E-state index contributed by atoms with van der Waals surface area (Å²) in [6.45, 7) is 4.00. The lowest BCUT2D eigenvalue weighted by atomic mass is 10.0. The molecule has 1 amide bonds. The van der Waals surface area contributed by atoms with Gasteiger partial charge in [0, 0.05) is 23.4 Å². The summed E-state index contributed by atoms with van der Waals surface area (Å²) in [5, 5.41) is 13.9. The molecule has 0 aliphatic rings. The fourth-order valence-corrected chi connectivity index (χ4v) is 2.78. The Hall–Kier alpha value is -4.19.